The largest absolute Gasteiger partial charge is 0.484 e. The second kappa shape index (κ2) is 8.69. The molecule has 1 aliphatic heterocycles. The fourth-order valence-corrected chi connectivity index (χ4v) is 4.98. The van der Waals surface area contributed by atoms with Gasteiger partial charge in [0.05, 0.1) is 5.02 Å². The lowest BCUT2D eigenvalue weighted by Gasteiger charge is -2.36. The minimum absolute atomic E-state index is 0.00417. The molecule has 1 aromatic carbocycles. The Balaban J connectivity index is 1.27. The maximum atomic E-state index is 13.5. The van der Waals surface area contributed by atoms with E-state index in [1.54, 1.807) is 0 Å². The molecular weight excluding hydrogens is 413 g/mol. The molecule has 9 heteroatoms. The van der Waals surface area contributed by atoms with Crippen LogP contribution in [0.5, 0.6) is 5.75 Å². The van der Waals surface area contributed by atoms with E-state index < -0.39 is 11.9 Å². The summed E-state index contributed by atoms with van der Waals surface area (Å²) in [4.78, 5) is 25.0. The van der Waals surface area contributed by atoms with E-state index in [0.29, 0.717) is 18.3 Å². The molecule has 3 aliphatic rings. The van der Waals surface area contributed by atoms with E-state index in [-0.39, 0.29) is 53.5 Å². The first kappa shape index (κ1) is 21.3. The lowest BCUT2D eigenvalue weighted by atomic mass is 9.73. The summed E-state index contributed by atoms with van der Waals surface area (Å²) in [7, 11) is 0. The van der Waals surface area contributed by atoms with Gasteiger partial charge >= 0.3 is 0 Å². The topological polar surface area (TPSA) is 88.7 Å². The Hall–Kier alpha value is -1.90. The minimum Gasteiger partial charge on any atom is -0.484 e. The van der Waals surface area contributed by atoms with Crippen LogP contribution < -0.4 is 20.7 Å². The van der Waals surface area contributed by atoms with Crippen LogP contribution in [0, 0.1) is 17.7 Å². The van der Waals surface area contributed by atoms with E-state index in [0.717, 1.165) is 18.9 Å². The summed E-state index contributed by atoms with van der Waals surface area (Å²) >= 11 is 5.65. The van der Waals surface area contributed by atoms with Crippen molar-refractivity contribution in [3.05, 3.63) is 29.0 Å². The first-order chi connectivity index (χ1) is 14.3. The maximum absolute atomic E-state index is 13.5. The van der Waals surface area contributed by atoms with E-state index in [9.17, 15) is 14.0 Å². The molecule has 3 N–H and O–H groups in total. The molecule has 0 aromatic heterocycles. The van der Waals surface area contributed by atoms with Gasteiger partial charge in [0.25, 0.3) is 11.8 Å². The average Bonchev–Trinajstić information content (AvgIpc) is 3.10. The van der Waals surface area contributed by atoms with Crippen molar-refractivity contribution in [2.75, 3.05) is 6.61 Å². The van der Waals surface area contributed by atoms with Crippen LogP contribution in [0.15, 0.2) is 18.2 Å². The van der Waals surface area contributed by atoms with Gasteiger partial charge in [-0.05, 0) is 57.1 Å². The number of halogens is 2. The molecule has 2 amide bonds. The van der Waals surface area contributed by atoms with Gasteiger partial charge in [0, 0.05) is 24.2 Å². The maximum Gasteiger partial charge on any atom is 0.258 e. The molecule has 0 spiro atoms. The monoisotopic (exact) mass is 439 g/mol. The van der Waals surface area contributed by atoms with Crippen LogP contribution in [0.3, 0.4) is 0 Å². The van der Waals surface area contributed by atoms with Crippen LogP contribution in [0.4, 0.5) is 4.39 Å². The number of fused-ring (bicyclic) bond motifs is 1. The van der Waals surface area contributed by atoms with Crippen molar-refractivity contribution in [1.29, 1.82) is 0 Å². The molecule has 0 bridgehead atoms. The summed E-state index contributed by atoms with van der Waals surface area (Å²) in [6.07, 6.45) is 2.11. The molecular formula is C21H27ClFN3O4. The fourth-order valence-electron chi connectivity index (χ4n) is 4.86. The Labute approximate surface area is 180 Å². The van der Waals surface area contributed by atoms with Gasteiger partial charge in [-0.1, -0.05) is 11.6 Å². The zero-order valence-corrected chi connectivity index (χ0v) is 17.7. The highest BCUT2D eigenvalue weighted by atomic mass is 35.5. The molecule has 30 heavy (non-hydrogen) atoms. The van der Waals surface area contributed by atoms with Crippen LogP contribution in [0.25, 0.3) is 0 Å². The third-order valence-corrected chi connectivity index (χ3v) is 6.73. The van der Waals surface area contributed by atoms with Crippen LogP contribution in [-0.2, 0) is 14.3 Å². The van der Waals surface area contributed by atoms with Crippen molar-refractivity contribution in [3.8, 4) is 5.75 Å². The number of hydrogen-bond acceptors (Lipinski definition) is 5. The molecule has 4 rings (SSSR count). The van der Waals surface area contributed by atoms with Crippen LogP contribution >= 0.6 is 11.6 Å². The van der Waals surface area contributed by atoms with E-state index in [2.05, 4.69) is 16.0 Å². The first-order valence-electron chi connectivity index (χ1n) is 10.4. The van der Waals surface area contributed by atoms with Crippen molar-refractivity contribution in [2.45, 2.75) is 63.6 Å². The summed E-state index contributed by atoms with van der Waals surface area (Å²) in [5.74, 6) is 0.0118. The highest BCUT2D eigenvalue weighted by Crippen LogP contribution is 2.47. The molecule has 0 radical (unpaired) electrons. The molecule has 1 heterocycles. The molecule has 3 fully saturated rings. The van der Waals surface area contributed by atoms with Crippen molar-refractivity contribution in [3.63, 3.8) is 0 Å². The summed E-state index contributed by atoms with van der Waals surface area (Å²) in [5, 5.41) is 9.35. The second-order valence-electron chi connectivity index (χ2n) is 8.45. The van der Waals surface area contributed by atoms with Gasteiger partial charge in [-0.2, -0.15) is 0 Å². The summed E-state index contributed by atoms with van der Waals surface area (Å²) in [6.45, 7) is 3.61. The highest BCUT2D eigenvalue weighted by Gasteiger charge is 2.50. The molecule has 164 valence electrons. The Morgan fingerprint density at radius 2 is 1.93 bits per heavy atom. The molecule has 7 nitrogen and oxygen atoms in total. The average molecular weight is 440 g/mol. The predicted octanol–water partition coefficient (Wildman–Crippen LogP) is 1.98. The fraction of sp³-hybridized carbons (Fsp3) is 0.619. The third kappa shape index (κ3) is 4.40. The number of amides is 2. The molecule has 2 aliphatic carbocycles. The Kier molecular flexibility index (Phi) is 6.18. The third-order valence-electron chi connectivity index (χ3n) is 6.42. The lowest BCUT2D eigenvalue weighted by molar-refractivity contribution is -0.133. The van der Waals surface area contributed by atoms with E-state index in [1.165, 1.54) is 12.1 Å². The van der Waals surface area contributed by atoms with E-state index >= 15 is 0 Å². The van der Waals surface area contributed by atoms with Gasteiger partial charge in [0.15, 0.2) is 12.7 Å². The first-order valence-corrected chi connectivity index (χ1v) is 10.8. The summed E-state index contributed by atoms with van der Waals surface area (Å²) in [5.41, 5.74) is 0. The quantitative estimate of drug-likeness (QED) is 0.630. The van der Waals surface area contributed by atoms with Gasteiger partial charge in [-0.3, -0.25) is 14.9 Å². The number of nitrogens with one attached hydrogen (secondary N) is 3. The van der Waals surface area contributed by atoms with Crippen LogP contribution in [0.2, 0.25) is 5.02 Å². The highest BCUT2D eigenvalue weighted by molar-refractivity contribution is 6.30. The zero-order valence-electron chi connectivity index (χ0n) is 17.0. The van der Waals surface area contributed by atoms with Gasteiger partial charge in [-0.25, -0.2) is 4.39 Å². The van der Waals surface area contributed by atoms with Gasteiger partial charge in [0.1, 0.15) is 17.8 Å². The van der Waals surface area contributed by atoms with Crippen molar-refractivity contribution < 1.29 is 23.5 Å². The Morgan fingerprint density at radius 1 is 1.23 bits per heavy atom. The predicted molar refractivity (Wildman–Crippen MR) is 109 cm³/mol. The normalized spacial score (nSPS) is 34.7. The number of ether oxygens (including phenoxy) is 2. The second-order valence-corrected chi connectivity index (χ2v) is 8.86. The zero-order chi connectivity index (χ0) is 21.4. The Morgan fingerprint density at radius 3 is 2.53 bits per heavy atom. The summed E-state index contributed by atoms with van der Waals surface area (Å²) in [6, 6.07) is 4.04. The van der Waals surface area contributed by atoms with Crippen molar-refractivity contribution >= 4 is 23.4 Å². The molecule has 1 aromatic rings. The number of carbonyl (C=O) groups excluding carboxylic acids is 2. The minimum atomic E-state index is -0.591. The number of benzene rings is 1. The SMILES string of the molecule is CC1NC(C)C(C(=O)NC2C[C@H](NC(=O)COc3ccc(Cl)c(F)c3)C3CCC23)O1. The van der Waals surface area contributed by atoms with Crippen molar-refractivity contribution in [2.24, 2.45) is 11.8 Å². The standard InChI is InChI=1S/C21H27ClFN3O4/c1-10-20(30-11(2)24-10)21(28)26-18-8-17(13-4-5-14(13)18)25-19(27)9-29-12-3-6-15(22)16(23)7-12/h3,6-7,10-11,13-14,17-18,20,24H,4-5,8-9H2,1-2H3,(H,25,27)(H,26,28)/t10?,11?,13?,14?,17-,18?,20?/m0/s1. The van der Waals surface area contributed by atoms with E-state index in [4.69, 9.17) is 21.1 Å². The van der Waals surface area contributed by atoms with Crippen LogP contribution in [-0.4, -0.2) is 48.9 Å². The smallest absolute Gasteiger partial charge is 0.258 e. The number of carbonyl (C=O) groups is 2. The molecule has 2 saturated carbocycles. The summed E-state index contributed by atoms with van der Waals surface area (Å²) < 4.78 is 24.5. The molecule has 7 atom stereocenters. The number of hydrogen-bond donors (Lipinski definition) is 3. The molecule has 6 unspecified atom stereocenters. The lowest BCUT2D eigenvalue weighted by Crippen LogP contribution is -2.48. The van der Waals surface area contributed by atoms with E-state index in [1.807, 2.05) is 13.8 Å². The Bertz CT molecular complexity index is 825. The van der Waals surface area contributed by atoms with Gasteiger partial charge in [0.2, 0.25) is 0 Å². The van der Waals surface area contributed by atoms with Crippen molar-refractivity contribution in [1.82, 2.24) is 16.0 Å². The van der Waals surface area contributed by atoms with Crippen LogP contribution in [0.1, 0.15) is 33.1 Å². The van der Waals surface area contributed by atoms with Gasteiger partial charge < -0.3 is 20.1 Å². The molecule has 1 saturated heterocycles. The van der Waals surface area contributed by atoms with Gasteiger partial charge in [-0.15, -0.1) is 0 Å². The number of rotatable bonds is 6.